The molecule has 2 heterocycles. The molecule has 0 radical (unpaired) electrons. The van der Waals surface area contributed by atoms with Crippen molar-refractivity contribution >= 4 is 29.2 Å². The molecular weight excluding hydrogens is 364 g/mol. The molecule has 1 aromatic carbocycles. The van der Waals surface area contributed by atoms with Gasteiger partial charge in [-0.1, -0.05) is 0 Å². The lowest BCUT2D eigenvalue weighted by Crippen LogP contribution is -2.57. The molecule has 2 aliphatic heterocycles. The minimum absolute atomic E-state index is 0.0281. The molecule has 28 heavy (non-hydrogen) atoms. The van der Waals surface area contributed by atoms with E-state index in [9.17, 15) is 14.4 Å². The van der Waals surface area contributed by atoms with E-state index >= 15 is 0 Å². The van der Waals surface area contributed by atoms with Gasteiger partial charge < -0.3 is 25.0 Å². The maximum Gasteiger partial charge on any atom is 0.307 e. The van der Waals surface area contributed by atoms with Gasteiger partial charge in [0.15, 0.2) is 0 Å². The number of morpholine rings is 1. The highest BCUT2D eigenvalue weighted by Gasteiger charge is 2.33. The Hall–Kier alpha value is -2.65. The standard InChI is InChI=1S/C19H26N4O5/c1-27-18(25)12-16-19(26)20-6-7-23(16)13-17(24)21-14-2-4-15(5-3-14)22-8-10-28-11-9-22/h2-5,16H,6-13H2,1H3,(H,20,26)(H,21,24)/t16-/m0/s1. The quantitative estimate of drug-likeness (QED) is 0.650. The van der Waals surface area contributed by atoms with E-state index in [0.717, 1.165) is 18.8 Å². The molecule has 0 unspecified atom stereocenters. The van der Waals surface area contributed by atoms with Gasteiger partial charge in [0.2, 0.25) is 11.8 Å². The van der Waals surface area contributed by atoms with Crippen molar-refractivity contribution in [3.05, 3.63) is 24.3 Å². The number of rotatable bonds is 6. The zero-order chi connectivity index (χ0) is 19.9. The zero-order valence-corrected chi connectivity index (χ0v) is 16.0. The van der Waals surface area contributed by atoms with Crippen LogP contribution in [0.15, 0.2) is 24.3 Å². The van der Waals surface area contributed by atoms with Crippen LogP contribution in [0.5, 0.6) is 0 Å². The Morgan fingerprint density at radius 3 is 2.61 bits per heavy atom. The van der Waals surface area contributed by atoms with Crippen molar-refractivity contribution < 1.29 is 23.9 Å². The smallest absolute Gasteiger partial charge is 0.307 e. The molecule has 0 aliphatic carbocycles. The molecule has 2 fully saturated rings. The highest BCUT2D eigenvalue weighted by Crippen LogP contribution is 2.19. The Morgan fingerprint density at radius 1 is 1.21 bits per heavy atom. The highest BCUT2D eigenvalue weighted by atomic mass is 16.5. The van der Waals surface area contributed by atoms with Gasteiger partial charge in [-0.3, -0.25) is 19.3 Å². The summed E-state index contributed by atoms with van der Waals surface area (Å²) in [5.74, 6) is -0.978. The van der Waals surface area contributed by atoms with Crippen molar-refractivity contribution in [2.45, 2.75) is 12.5 Å². The summed E-state index contributed by atoms with van der Waals surface area (Å²) in [6.07, 6.45) is -0.0795. The van der Waals surface area contributed by atoms with Crippen molar-refractivity contribution in [2.75, 3.05) is 63.3 Å². The predicted molar refractivity (Wildman–Crippen MR) is 103 cm³/mol. The van der Waals surface area contributed by atoms with Crippen LogP contribution in [0, 0.1) is 0 Å². The van der Waals surface area contributed by atoms with Crippen LogP contribution in [-0.4, -0.2) is 81.8 Å². The monoisotopic (exact) mass is 390 g/mol. The fraction of sp³-hybridized carbons (Fsp3) is 0.526. The van der Waals surface area contributed by atoms with Gasteiger partial charge >= 0.3 is 5.97 Å². The lowest BCUT2D eigenvalue weighted by atomic mass is 10.1. The van der Waals surface area contributed by atoms with Crippen molar-refractivity contribution in [3.63, 3.8) is 0 Å². The summed E-state index contributed by atoms with van der Waals surface area (Å²) < 4.78 is 10.0. The molecule has 0 saturated carbocycles. The van der Waals surface area contributed by atoms with Gasteiger partial charge in [0, 0.05) is 37.6 Å². The number of ether oxygens (including phenoxy) is 2. The lowest BCUT2D eigenvalue weighted by molar-refractivity contribution is -0.146. The van der Waals surface area contributed by atoms with E-state index in [1.807, 2.05) is 24.3 Å². The van der Waals surface area contributed by atoms with Crippen LogP contribution < -0.4 is 15.5 Å². The van der Waals surface area contributed by atoms with Crippen LogP contribution in [0.2, 0.25) is 0 Å². The highest BCUT2D eigenvalue weighted by molar-refractivity contribution is 5.93. The number of carbonyl (C=O) groups excluding carboxylic acids is 3. The Morgan fingerprint density at radius 2 is 1.93 bits per heavy atom. The van der Waals surface area contributed by atoms with Crippen molar-refractivity contribution in [2.24, 2.45) is 0 Å². The summed E-state index contributed by atoms with van der Waals surface area (Å²) in [4.78, 5) is 40.0. The fourth-order valence-corrected chi connectivity index (χ4v) is 3.38. The second kappa shape index (κ2) is 9.52. The number of amides is 2. The van der Waals surface area contributed by atoms with E-state index in [1.165, 1.54) is 7.11 Å². The number of nitrogens with zero attached hydrogens (tertiary/aromatic N) is 2. The second-order valence-electron chi connectivity index (χ2n) is 6.75. The van der Waals surface area contributed by atoms with E-state index in [-0.39, 0.29) is 24.8 Å². The Balaban J connectivity index is 1.56. The van der Waals surface area contributed by atoms with E-state index < -0.39 is 12.0 Å². The number of carbonyl (C=O) groups is 3. The maximum atomic E-state index is 12.4. The molecular formula is C19H26N4O5. The molecule has 2 N–H and O–H groups in total. The van der Waals surface area contributed by atoms with Crippen molar-refractivity contribution in [3.8, 4) is 0 Å². The van der Waals surface area contributed by atoms with Gasteiger partial charge in [0.05, 0.1) is 33.3 Å². The minimum atomic E-state index is -0.698. The third kappa shape index (κ3) is 5.20. The Labute approximate surface area is 163 Å². The van der Waals surface area contributed by atoms with Gasteiger partial charge in [-0.25, -0.2) is 0 Å². The van der Waals surface area contributed by atoms with Gasteiger partial charge in [-0.15, -0.1) is 0 Å². The van der Waals surface area contributed by atoms with Gasteiger partial charge in [-0.2, -0.15) is 0 Å². The number of anilines is 2. The second-order valence-corrected chi connectivity index (χ2v) is 6.75. The van der Waals surface area contributed by atoms with Crippen LogP contribution in [0.3, 0.4) is 0 Å². The third-order valence-corrected chi connectivity index (χ3v) is 4.90. The van der Waals surface area contributed by atoms with Gasteiger partial charge in [0.1, 0.15) is 6.04 Å². The van der Waals surface area contributed by atoms with E-state index in [4.69, 9.17) is 4.74 Å². The summed E-state index contributed by atoms with van der Waals surface area (Å²) in [6.45, 7) is 4.10. The SMILES string of the molecule is COC(=O)C[C@H]1C(=O)NCCN1CC(=O)Nc1ccc(N2CCOCC2)cc1. The van der Waals surface area contributed by atoms with Gasteiger partial charge in [0.25, 0.3) is 0 Å². The van der Waals surface area contributed by atoms with Gasteiger partial charge in [-0.05, 0) is 24.3 Å². The van der Waals surface area contributed by atoms with Crippen LogP contribution in [0.4, 0.5) is 11.4 Å². The fourth-order valence-electron chi connectivity index (χ4n) is 3.38. The minimum Gasteiger partial charge on any atom is -0.469 e. The molecule has 0 spiro atoms. The molecule has 0 bridgehead atoms. The first-order valence-electron chi connectivity index (χ1n) is 9.38. The summed E-state index contributed by atoms with van der Waals surface area (Å²) in [7, 11) is 1.28. The molecule has 2 saturated heterocycles. The van der Waals surface area contributed by atoms with Crippen LogP contribution in [0.1, 0.15) is 6.42 Å². The number of esters is 1. The molecule has 0 aromatic heterocycles. The van der Waals surface area contributed by atoms with E-state index in [2.05, 4.69) is 20.3 Å². The summed E-state index contributed by atoms with van der Waals surface area (Å²) in [6, 6.07) is 6.95. The number of hydrogen-bond acceptors (Lipinski definition) is 7. The molecule has 1 atom stereocenters. The van der Waals surface area contributed by atoms with E-state index in [1.54, 1.807) is 4.90 Å². The predicted octanol–water partition coefficient (Wildman–Crippen LogP) is -0.175. The molecule has 2 aliphatic rings. The number of nitrogens with one attached hydrogen (secondary N) is 2. The first-order valence-corrected chi connectivity index (χ1v) is 9.38. The number of hydrogen-bond donors (Lipinski definition) is 2. The van der Waals surface area contributed by atoms with E-state index in [0.29, 0.717) is 32.0 Å². The van der Waals surface area contributed by atoms with Crippen LogP contribution in [-0.2, 0) is 23.9 Å². The van der Waals surface area contributed by atoms with Crippen molar-refractivity contribution in [1.29, 1.82) is 0 Å². The Kier molecular flexibility index (Phi) is 6.83. The summed E-state index contributed by atoms with van der Waals surface area (Å²) in [5, 5.41) is 5.57. The molecule has 3 rings (SSSR count). The average molecular weight is 390 g/mol. The topological polar surface area (TPSA) is 100 Å². The Bertz CT molecular complexity index is 703. The number of piperazine rings is 1. The third-order valence-electron chi connectivity index (χ3n) is 4.90. The molecule has 9 heteroatoms. The largest absolute Gasteiger partial charge is 0.469 e. The molecule has 1 aromatic rings. The maximum absolute atomic E-state index is 12.4. The lowest BCUT2D eigenvalue weighted by Gasteiger charge is -2.33. The zero-order valence-electron chi connectivity index (χ0n) is 16.0. The number of benzene rings is 1. The van der Waals surface area contributed by atoms with Crippen LogP contribution in [0.25, 0.3) is 0 Å². The van der Waals surface area contributed by atoms with Crippen LogP contribution >= 0.6 is 0 Å². The molecule has 9 nitrogen and oxygen atoms in total. The molecule has 152 valence electrons. The summed E-state index contributed by atoms with van der Waals surface area (Å²) >= 11 is 0. The van der Waals surface area contributed by atoms with Crippen molar-refractivity contribution in [1.82, 2.24) is 10.2 Å². The average Bonchev–Trinajstić information content (AvgIpc) is 2.71. The normalized spacial score (nSPS) is 20.4. The first-order chi connectivity index (χ1) is 13.6. The molecule has 2 amide bonds. The summed E-state index contributed by atoms with van der Waals surface area (Å²) in [5.41, 5.74) is 1.78. The first kappa shape index (κ1) is 20.1. The number of methoxy groups -OCH3 is 1.